The molecule has 1 aliphatic heterocycles. The molecule has 1 aromatic carbocycles. The van der Waals surface area contributed by atoms with Gasteiger partial charge in [-0.15, -0.1) is 0 Å². The van der Waals surface area contributed by atoms with Gasteiger partial charge in [0.2, 0.25) is 5.91 Å². The largest absolute Gasteiger partial charge is 0.444 e. The van der Waals surface area contributed by atoms with Gasteiger partial charge >= 0.3 is 6.09 Å². The normalized spacial score (nSPS) is 17.9. The summed E-state index contributed by atoms with van der Waals surface area (Å²) in [6.45, 7) is 6.47. The molecule has 0 radical (unpaired) electrons. The fourth-order valence-electron chi connectivity index (χ4n) is 2.53. The van der Waals surface area contributed by atoms with Crippen LogP contribution in [0.2, 0.25) is 0 Å². The van der Waals surface area contributed by atoms with Crippen molar-refractivity contribution in [2.45, 2.75) is 51.8 Å². The highest BCUT2D eigenvalue weighted by Gasteiger charge is 2.36. The second-order valence-corrected chi connectivity index (χ2v) is 7.60. The van der Waals surface area contributed by atoms with Crippen molar-refractivity contribution in [2.24, 2.45) is 0 Å². The Morgan fingerprint density at radius 1 is 1.39 bits per heavy atom. The Bertz CT molecular complexity index is 583. The molecule has 0 aromatic heterocycles. The lowest BCUT2D eigenvalue weighted by atomic mass is 10.2. The Morgan fingerprint density at radius 2 is 2.13 bits per heavy atom. The number of hydrogen-bond donors (Lipinski definition) is 1. The second-order valence-electron chi connectivity index (χ2n) is 6.68. The van der Waals surface area contributed by atoms with Crippen molar-refractivity contribution in [1.29, 1.82) is 0 Å². The van der Waals surface area contributed by atoms with E-state index in [9.17, 15) is 9.59 Å². The Morgan fingerprint density at radius 3 is 2.78 bits per heavy atom. The fraction of sp³-hybridized carbons (Fsp3) is 0.529. The molecular weight excluding hydrogens is 360 g/mol. The number of halogens is 1. The number of nitrogens with zero attached hydrogens (tertiary/aromatic N) is 1. The third-order valence-electron chi connectivity index (χ3n) is 3.54. The molecule has 0 spiro atoms. The minimum Gasteiger partial charge on any atom is -0.444 e. The summed E-state index contributed by atoms with van der Waals surface area (Å²) >= 11 is 3.41. The third-order valence-corrected chi connectivity index (χ3v) is 4.03. The van der Waals surface area contributed by atoms with Crippen LogP contribution in [0.1, 0.15) is 39.2 Å². The molecule has 126 valence electrons. The van der Waals surface area contributed by atoms with Gasteiger partial charge in [0, 0.05) is 17.6 Å². The van der Waals surface area contributed by atoms with Crippen molar-refractivity contribution in [1.82, 2.24) is 10.2 Å². The number of likely N-dealkylation sites (tertiary alicyclic amines) is 1. The molecule has 5 nitrogen and oxygen atoms in total. The quantitative estimate of drug-likeness (QED) is 0.870. The highest BCUT2D eigenvalue weighted by molar-refractivity contribution is 9.10. The van der Waals surface area contributed by atoms with Crippen LogP contribution in [0.5, 0.6) is 0 Å². The van der Waals surface area contributed by atoms with Crippen LogP contribution >= 0.6 is 15.9 Å². The number of benzene rings is 1. The number of rotatable bonds is 3. The molecule has 1 atom stereocenters. The predicted octanol–water partition coefficient (Wildman–Crippen LogP) is 3.46. The molecule has 1 aliphatic rings. The molecule has 6 heteroatoms. The fourth-order valence-corrected chi connectivity index (χ4v) is 2.98. The van der Waals surface area contributed by atoms with E-state index in [0.717, 1.165) is 16.5 Å². The Hall–Kier alpha value is -1.56. The molecule has 1 N–H and O–H groups in total. The van der Waals surface area contributed by atoms with Crippen LogP contribution in [0.25, 0.3) is 0 Å². The predicted molar refractivity (Wildman–Crippen MR) is 92.0 cm³/mol. The first-order valence-electron chi connectivity index (χ1n) is 7.78. The van der Waals surface area contributed by atoms with Crippen molar-refractivity contribution in [3.63, 3.8) is 0 Å². The number of carbonyl (C=O) groups excluding carboxylic acids is 2. The van der Waals surface area contributed by atoms with E-state index in [-0.39, 0.29) is 5.91 Å². The van der Waals surface area contributed by atoms with Crippen LogP contribution in [0, 0.1) is 0 Å². The van der Waals surface area contributed by atoms with Gasteiger partial charge in [0.25, 0.3) is 0 Å². The Kier molecular flexibility index (Phi) is 5.68. The van der Waals surface area contributed by atoms with Gasteiger partial charge in [-0.25, -0.2) is 4.79 Å². The summed E-state index contributed by atoms with van der Waals surface area (Å²) < 4.78 is 6.35. The topological polar surface area (TPSA) is 58.6 Å². The Balaban J connectivity index is 1.94. The highest BCUT2D eigenvalue weighted by atomic mass is 79.9. The lowest BCUT2D eigenvalue weighted by molar-refractivity contribution is -0.125. The second kappa shape index (κ2) is 7.34. The summed E-state index contributed by atoms with van der Waals surface area (Å²) in [6, 6.07) is 7.32. The number of hydrogen-bond acceptors (Lipinski definition) is 3. The molecule has 1 heterocycles. The van der Waals surface area contributed by atoms with Crippen molar-refractivity contribution in [3.8, 4) is 0 Å². The summed E-state index contributed by atoms with van der Waals surface area (Å²) in [6.07, 6.45) is 1.07. The standard InChI is InChI=1S/C17H23BrN2O3/c1-17(2,3)23-16(22)20-9-5-8-14(20)15(21)19-11-12-6-4-7-13(18)10-12/h4,6-7,10,14H,5,8-9,11H2,1-3H3,(H,19,21). The van der Waals surface area contributed by atoms with Crippen LogP contribution in [-0.2, 0) is 16.1 Å². The maximum absolute atomic E-state index is 12.4. The zero-order valence-electron chi connectivity index (χ0n) is 13.8. The van der Waals surface area contributed by atoms with Crippen molar-refractivity contribution >= 4 is 27.9 Å². The summed E-state index contributed by atoms with van der Waals surface area (Å²) in [5, 5.41) is 2.91. The van der Waals surface area contributed by atoms with Crippen molar-refractivity contribution in [2.75, 3.05) is 6.54 Å². The highest BCUT2D eigenvalue weighted by Crippen LogP contribution is 2.21. The van der Waals surface area contributed by atoms with E-state index in [2.05, 4.69) is 21.2 Å². The van der Waals surface area contributed by atoms with E-state index in [1.807, 2.05) is 45.0 Å². The lowest BCUT2D eigenvalue weighted by Crippen LogP contribution is -2.47. The number of ether oxygens (including phenoxy) is 1. The van der Waals surface area contributed by atoms with E-state index >= 15 is 0 Å². The summed E-state index contributed by atoms with van der Waals surface area (Å²) in [4.78, 5) is 26.2. The lowest BCUT2D eigenvalue weighted by Gasteiger charge is -2.28. The summed E-state index contributed by atoms with van der Waals surface area (Å²) in [5.41, 5.74) is 0.450. The van der Waals surface area contributed by atoms with Crippen LogP contribution in [0.3, 0.4) is 0 Å². The molecule has 1 fully saturated rings. The van der Waals surface area contributed by atoms with E-state index in [4.69, 9.17) is 4.74 Å². The summed E-state index contributed by atoms with van der Waals surface area (Å²) in [7, 11) is 0. The van der Waals surface area contributed by atoms with E-state index in [1.54, 1.807) is 0 Å². The number of nitrogens with one attached hydrogen (secondary N) is 1. The zero-order valence-corrected chi connectivity index (χ0v) is 15.4. The van der Waals surface area contributed by atoms with E-state index in [1.165, 1.54) is 4.90 Å². The molecule has 0 bridgehead atoms. The first-order chi connectivity index (χ1) is 10.8. The minimum absolute atomic E-state index is 0.131. The average Bonchev–Trinajstić information content (AvgIpc) is 2.92. The van der Waals surface area contributed by atoms with Crippen molar-refractivity contribution in [3.05, 3.63) is 34.3 Å². The molecule has 0 saturated carbocycles. The monoisotopic (exact) mass is 382 g/mol. The first-order valence-corrected chi connectivity index (χ1v) is 8.57. The summed E-state index contributed by atoms with van der Waals surface area (Å²) in [5.74, 6) is -0.131. The molecule has 2 amide bonds. The van der Waals surface area contributed by atoms with Gasteiger partial charge in [-0.1, -0.05) is 28.1 Å². The van der Waals surface area contributed by atoms with Gasteiger partial charge < -0.3 is 10.1 Å². The van der Waals surface area contributed by atoms with Crippen molar-refractivity contribution < 1.29 is 14.3 Å². The first kappa shape index (κ1) is 17.8. The molecule has 1 saturated heterocycles. The average molecular weight is 383 g/mol. The zero-order chi connectivity index (χ0) is 17.0. The minimum atomic E-state index is -0.559. The van der Waals surface area contributed by atoms with Gasteiger partial charge in [0.15, 0.2) is 0 Å². The smallest absolute Gasteiger partial charge is 0.410 e. The van der Waals surface area contributed by atoms with E-state index < -0.39 is 17.7 Å². The number of amides is 2. The van der Waals surface area contributed by atoms with Gasteiger partial charge in [-0.05, 0) is 51.3 Å². The van der Waals surface area contributed by atoms with E-state index in [0.29, 0.717) is 19.5 Å². The van der Waals surface area contributed by atoms with Gasteiger partial charge in [-0.3, -0.25) is 9.69 Å². The third kappa shape index (κ3) is 5.23. The van der Waals surface area contributed by atoms with Crippen LogP contribution in [0.15, 0.2) is 28.7 Å². The van der Waals surface area contributed by atoms with Gasteiger partial charge in [0.05, 0.1) is 0 Å². The SMILES string of the molecule is CC(C)(C)OC(=O)N1CCCC1C(=O)NCc1cccc(Br)c1. The van der Waals surface area contributed by atoms with Gasteiger partial charge in [0.1, 0.15) is 11.6 Å². The maximum atomic E-state index is 12.4. The molecule has 2 rings (SSSR count). The maximum Gasteiger partial charge on any atom is 0.410 e. The molecule has 0 aliphatic carbocycles. The van der Waals surface area contributed by atoms with Crippen LogP contribution in [0.4, 0.5) is 4.79 Å². The molecule has 23 heavy (non-hydrogen) atoms. The molecule has 1 aromatic rings. The Labute approximate surface area is 145 Å². The van der Waals surface area contributed by atoms with Gasteiger partial charge in [-0.2, -0.15) is 0 Å². The molecular formula is C17H23BrN2O3. The van der Waals surface area contributed by atoms with Crippen LogP contribution in [-0.4, -0.2) is 35.1 Å². The van der Waals surface area contributed by atoms with Crippen LogP contribution < -0.4 is 5.32 Å². The number of carbonyl (C=O) groups is 2. The molecule has 1 unspecified atom stereocenters.